The molecule has 1 aliphatic carbocycles. The SMILES string of the molecule is CC(C)c1nc2ccc(C3(N)CC3)cc2n1C. The van der Waals surface area contributed by atoms with Crippen molar-refractivity contribution in [2.75, 3.05) is 0 Å². The van der Waals surface area contributed by atoms with Gasteiger partial charge in [-0.3, -0.25) is 0 Å². The molecule has 3 nitrogen and oxygen atoms in total. The Morgan fingerprint density at radius 3 is 2.65 bits per heavy atom. The molecule has 2 aromatic rings. The van der Waals surface area contributed by atoms with Gasteiger partial charge in [0.1, 0.15) is 5.82 Å². The van der Waals surface area contributed by atoms with Crippen LogP contribution in [0.1, 0.15) is 44.0 Å². The van der Waals surface area contributed by atoms with E-state index in [-0.39, 0.29) is 5.54 Å². The lowest BCUT2D eigenvalue weighted by Crippen LogP contribution is -2.18. The maximum absolute atomic E-state index is 6.25. The summed E-state index contributed by atoms with van der Waals surface area (Å²) in [5.74, 6) is 1.59. The number of benzene rings is 1. The first-order valence-electron chi connectivity index (χ1n) is 6.27. The lowest BCUT2D eigenvalue weighted by Gasteiger charge is -2.09. The smallest absolute Gasteiger partial charge is 0.112 e. The van der Waals surface area contributed by atoms with Gasteiger partial charge in [-0.1, -0.05) is 19.9 Å². The third-order valence-electron chi connectivity index (χ3n) is 3.80. The molecule has 0 amide bonds. The lowest BCUT2D eigenvalue weighted by atomic mass is 10.1. The van der Waals surface area contributed by atoms with Crippen molar-refractivity contribution in [2.45, 2.75) is 38.1 Å². The molecule has 1 aliphatic rings. The first-order valence-corrected chi connectivity index (χ1v) is 6.27. The minimum atomic E-state index is -0.0591. The molecule has 1 aromatic heterocycles. The summed E-state index contributed by atoms with van der Waals surface area (Å²) in [4.78, 5) is 4.68. The zero-order valence-electron chi connectivity index (χ0n) is 10.7. The number of nitrogens with two attached hydrogens (primary N) is 1. The second-order valence-electron chi connectivity index (χ2n) is 5.54. The van der Waals surface area contributed by atoms with Crippen molar-refractivity contribution in [3.8, 4) is 0 Å². The fourth-order valence-corrected chi connectivity index (χ4v) is 2.46. The van der Waals surface area contributed by atoms with Crippen LogP contribution in [0.25, 0.3) is 11.0 Å². The zero-order chi connectivity index (χ0) is 12.2. The van der Waals surface area contributed by atoms with Gasteiger partial charge >= 0.3 is 0 Å². The molecule has 0 bridgehead atoms. The molecule has 0 radical (unpaired) electrons. The summed E-state index contributed by atoms with van der Waals surface area (Å²) in [5, 5.41) is 0. The van der Waals surface area contributed by atoms with Gasteiger partial charge in [-0.15, -0.1) is 0 Å². The molecular weight excluding hydrogens is 210 g/mol. The van der Waals surface area contributed by atoms with Crippen LogP contribution in [-0.2, 0) is 12.6 Å². The van der Waals surface area contributed by atoms with Crippen LogP contribution in [-0.4, -0.2) is 9.55 Å². The van der Waals surface area contributed by atoms with Crippen molar-refractivity contribution in [2.24, 2.45) is 12.8 Å². The summed E-state index contributed by atoms with van der Waals surface area (Å²) < 4.78 is 2.19. The Balaban J connectivity index is 2.18. The summed E-state index contributed by atoms with van der Waals surface area (Å²) in [6.45, 7) is 4.35. The zero-order valence-corrected chi connectivity index (χ0v) is 10.7. The second kappa shape index (κ2) is 3.33. The molecule has 3 rings (SSSR count). The van der Waals surface area contributed by atoms with Crippen molar-refractivity contribution >= 4 is 11.0 Å². The first kappa shape index (κ1) is 10.8. The van der Waals surface area contributed by atoms with Gasteiger partial charge in [-0.05, 0) is 30.5 Å². The highest BCUT2D eigenvalue weighted by molar-refractivity contribution is 5.77. The van der Waals surface area contributed by atoms with E-state index in [1.807, 2.05) is 0 Å². The van der Waals surface area contributed by atoms with E-state index in [1.54, 1.807) is 0 Å². The molecule has 0 aliphatic heterocycles. The number of imidazole rings is 1. The largest absolute Gasteiger partial charge is 0.331 e. The van der Waals surface area contributed by atoms with Gasteiger partial charge in [-0.25, -0.2) is 4.98 Å². The van der Waals surface area contributed by atoms with Gasteiger partial charge in [-0.2, -0.15) is 0 Å². The molecule has 90 valence electrons. The molecule has 1 fully saturated rings. The fourth-order valence-electron chi connectivity index (χ4n) is 2.46. The van der Waals surface area contributed by atoms with Gasteiger partial charge in [0.15, 0.2) is 0 Å². The topological polar surface area (TPSA) is 43.8 Å². The molecule has 0 unspecified atom stereocenters. The van der Waals surface area contributed by atoms with Gasteiger partial charge in [0.2, 0.25) is 0 Å². The molecule has 0 saturated heterocycles. The van der Waals surface area contributed by atoms with Gasteiger partial charge in [0.25, 0.3) is 0 Å². The van der Waals surface area contributed by atoms with E-state index in [1.165, 1.54) is 11.1 Å². The quantitative estimate of drug-likeness (QED) is 0.860. The number of rotatable bonds is 2. The van der Waals surface area contributed by atoms with Gasteiger partial charge in [0, 0.05) is 18.5 Å². The third-order valence-corrected chi connectivity index (χ3v) is 3.80. The molecule has 17 heavy (non-hydrogen) atoms. The highest BCUT2D eigenvalue weighted by atomic mass is 15.1. The molecular formula is C14H19N3. The molecule has 1 saturated carbocycles. The van der Waals surface area contributed by atoms with Crippen molar-refractivity contribution in [1.29, 1.82) is 0 Å². The number of hydrogen-bond donors (Lipinski definition) is 1. The number of nitrogens with zero attached hydrogens (tertiary/aromatic N) is 2. The van der Waals surface area contributed by atoms with Crippen molar-refractivity contribution in [3.63, 3.8) is 0 Å². The average Bonchev–Trinajstić information content (AvgIpc) is 2.95. The number of aryl methyl sites for hydroxylation is 1. The summed E-state index contributed by atoms with van der Waals surface area (Å²) in [5.41, 5.74) is 9.71. The van der Waals surface area contributed by atoms with Gasteiger partial charge < -0.3 is 10.3 Å². The Hall–Kier alpha value is -1.35. The molecule has 0 spiro atoms. The standard InChI is InChI=1S/C14H19N3/c1-9(2)13-16-11-5-4-10(14(15)6-7-14)8-12(11)17(13)3/h4-5,8-9H,6-7,15H2,1-3H3. The van der Waals surface area contributed by atoms with Crippen molar-refractivity contribution in [3.05, 3.63) is 29.6 Å². The van der Waals surface area contributed by atoms with Crippen LogP contribution in [0.2, 0.25) is 0 Å². The van der Waals surface area contributed by atoms with E-state index in [4.69, 9.17) is 5.73 Å². The highest BCUT2D eigenvalue weighted by Crippen LogP contribution is 2.43. The number of aromatic nitrogens is 2. The monoisotopic (exact) mass is 229 g/mol. The molecule has 2 N–H and O–H groups in total. The normalized spacial score (nSPS) is 17.9. The molecule has 1 aromatic carbocycles. The van der Waals surface area contributed by atoms with E-state index in [0.29, 0.717) is 5.92 Å². The van der Waals surface area contributed by atoms with Crippen molar-refractivity contribution in [1.82, 2.24) is 9.55 Å². The first-order chi connectivity index (χ1) is 8.01. The van der Waals surface area contributed by atoms with Crippen LogP contribution in [0.3, 0.4) is 0 Å². The van der Waals surface area contributed by atoms with Crippen LogP contribution in [0.15, 0.2) is 18.2 Å². The third kappa shape index (κ3) is 1.57. The highest BCUT2D eigenvalue weighted by Gasteiger charge is 2.40. The fraction of sp³-hybridized carbons (Fsp3) is 0.500. The lowest BCUT2D eigenvalue weighted by molar-refractivity contribution is 0.720. The summed E-state index contributed by atoms with van der Waals surface area (Å²) in [6.07, 6.45) is 2.21. The predicted octanol–water partition coefficient (Wildman–Crippen LogP) is 2.64. The Bertz CT molecular complexity index is 576. The second-order valence-corrected chi connectivity index (χ2v) is 5.54. The summed E-state index contributed by atoms with van der Waals surface area (Å²) in [7, 11) is 2.09. The maximum atomic E-state index is 6.25. The molecule has 3 heteroatoms. The summed E-state index contributed by atoms with van der Waals surface area (Å²) >= 11 is 0. The van der Waals surface area contributed by atoms with E-state index >= 15 is 0 Å². The Morgan fingerprint density at radius 1 is 1.35 bits per heavy atom. The maximum Gasteiger partial charge on any atom is 0.112 e. The van der Waals surface area contributed by atoms with E-state index in [2.05, 4.69) is 48.6 Å². The van der Waals surface area contributed by atoms with Crippen molar-refractivity contribution < 1.29 is 0 Å². The Kier molecular flexibility index (Phi) is 2.11. The van der Waals surface area contributed by atoms with E-state index in [9.17, 15) is 0 Å². The molecule has 1 heterocycles. The minimum Gasteiger partial charge on any atom is -0.331 e. The van der Waals surface area contributed by atoms with E-state index < -0.39 is 0 Å². The Labute approximate surface area is 102 Å². The Morgan fingerprint density at radius 2 is 2.06 bits per heavy atom. The summed E-state index contributed by atoms with van der Waals surface area (Å²) in [6, 6.07) is 6.44. The number of hydrogen-bond acceptors (Lipinski definition) is 2. The minimum absolute atomic E-state index is 0.0591. The molecule has 0 atom stereocenters. The van der Waals surface area contributed by atoms with Crippen LogP contribution in [0.5, 0.6) is 0 Å². The van der Waals surface area contributed by atoms with Gasteiger partial charge in [0.05, 0.1) is 11.0 Å². The predicted molar refractivity (Wildman–Crippen MR) is 69.9 cm³/mol. The van der Waals surface area contributed by atoms with Crippen LogP contribution in [0.4, 0.5) is 0 Å². The van der Waals surface area contributed by atoms with Crippen LogP contribution < -0.4 is 5.73 Å². The van der Waals surface area contributed by atoms with Crippen LogP contribution in [0, 0.1) is 0 Å². The average molecular weight is 229 g/mol. The number of fused-ring (bicyclic) bond motifs is 1. The van der Waals surface area contributed by atoms with E-state index in [0.717, 1.165) is 24.2 Å². The van der Waals surface area contributed by atoms with Crippen LogP contribution >= 0.6 is 0 Å².